The quantitative estimate of drug-likeness (QED) is 0.587. The fourth-order valence-corrected chi connectivity index (χ4v) is 2.67. The molecule has 7 nitrogen and oxygen atoms in total. The van der Waals surface area contributed by atoms with Crippen LogP contribution in [0.25, 0.3) is 0 Å². The van der Waals surface area contributed by atoms with Gasteiger partial charge in [-0.2, -0.15) is 0 Å². The van der Waals surface area contributed by atoms with Gasteiger partial charge in [0.1, 0.15) is 10.7 Å². The minimum atomic E-state index is -0.323. The average Bonchev–Trinajstić information content (AvgIpc) is 2.80. The van der Waals surface area contributed by atoms with E-state index in [0.717, 1.165) is 18.1 Å². The summed E-state index contributed by atoms with van der Waals surface area (Å²) < 4.78 is 0. The number of carbonyl (C=O) groups is 2. The molecule has 0 saturated heterocycles. The largest absolute Gasteiger partial charge is 0.382 e. The lowest BCUT2D eigenvalue weighted by atomic mass is 10.2. The van der Waals surface area contributed by atoms with Crippen LogP contribution in [0, 0.1) is 0 Å². The topological polar surface area (TPSA) is 114 Å². The van der Waals surface area contributed by atoms with Crippen molar-refractivity contribution in [3.63, 3.8) is 0 Å². The third-order valence-corrected chi connectivity index (χ3v) is 4.05. The lowest BCUT2D eigenvalue weighted by molar-refractivity contribution is -0.118. The molecule has 0 bridgehead atoms. The molecule has 2 amide bonds. The molecule has 1 rings (SSSR count). The van der Waals surface area contributed by atoms with Gasteiger partial charge in [0.25, 0.3) is 5.91 Å². The molecule has 0 aromatic carbocycles. The normalized spacial score (nSPS) is 10.4. The number of anilines is 2. The first kappa shape index (κ1) is 17.2. The fourth-order valence-electron chi connectivity index (χ4n) is 1.78. The van der Waals surface area contributed by atoms with Crippen LogP contribution in [0.5, 0.6) is 0 Å². The maximum absolute atomic E-state index is 12.0. The zero-order valence-electron chi connectivity index (χ0n) is 12.5. The summed E-state index contributed by atoms with van der Waals surface area (Å²) in [5, 5.41) is 3.52. The van der Waals surface area contributed by atoms with E-state index in [0.29, 0.717) is 30.7 Å². The zero-order chi connectivity index (χ0) is 15.8. The molecular weight excluding hydrogens is 290 g/mol. The fraction of sp³-hybridized carbons (Fsp3) is 0.615. The van der Waals surface area contributed by atoms with Gasteiger partial charge in [-0.1, -0.05) is 18.3 Å². The maximum atomic E-state index is 12.0. The number of amides is 2. The number of rotatable bonds is 9. The molecule has 0 spiro atoms. The smallest absolute Gasteiger partial charge is 0.265 e. The van der Waals surface area contributed by atoms with E-state index in [-0.39, 0.29) is 17.6 Å². The summed E-state index contributed by atoms with van der Waals surface area (Å²) in [6.07, 6.45) is 2.70. The van der Waals surface area contributed by atoms with E-state index >= 15 is 0 Å². The number of primary amides is 1. The van der Waals surface area contributed by atoms with Gasteiger partial charge in [0.15, 0.2) is 5.13 Å². The molecule has 0 radical (unpaired) electrons. The number of nitrogens with one attached hydrogen (secondary N) is 1. The summed E-state index contributed by atoms with van der Waals surface area (Å²) in [5.41, 5.74) is 10.8. The number of thiazole rings is 1. The number of unbranched alkanes of at least 4 members (excludes halogenated alkanes) is 1. The van der Waals surface area contributed by atoms with Crippen molar-refractivity contribution in [3.05, 3.63) is 4.88 Å². The van der Waals surface area contributed by atoms with E-state index in [1.807, 2.05) is 11.9 Å². The monoisotopic (exact) mass is 313 g/mol. The van der Waals surface area contributed by atoms with Gasteiger partial charge in [0.2, 0.25) is 5.91 Å². The van der Waals surface area contributed by atoms with Crippen LogP contribution in [-0.2, 0) is 4.79 Å². The van der Waals surface area contributed by atoms with Gasteiger partial charge in [0.05, 0.1) is 0 Å². The molecule has 0 aliphatic heterocycles. The highest BCUT2D eigenvalue weighted by molar-refractivity contribution is 7.18. The lowest BCUT2D eigenvalue weighted by Crippen LogP contribution is -2.24. The summed E-state index contributed by atoms with van der Waals surface area (Å²) in [6, 6.07) is 0. The number of nitrogens with zero attached hydrogens (tertiary/aromatic N) is 2. The molecule has 0 aliphatic rings. The highest BCUT2D eigenvalue weighted by Gasteiger charge is 2.17. The Kier molecular flexibility index (Phi) is 6.93. The molecule has 0 fully saturated rings. The summed E-state index contributed by atoms with van der Waals surface area (Å²) in [4.78, 5) is 29.2. The van der Waals surface area contributed by atoms with E-state index in [9.17, 15) is 9.59 Å². The Bertz CT molecular complexity index is 489. The van der Waals surface area contributed by atoms with Gasteiger partial charge >= 0.3 is 0 Å². The van der Waals surface area contributed by atoms with Crippen LogP contribution in [0.3, 0.4) is 0 Å². The van der Waals surface area contributed by atoms with E-state index in [4.69, 9.17) is 11.5 Å². The molecule has 0 saturated carbocycles. The molecule has 5 N–H and O–H groups in total. The van der Waals surface area contributed by atoms with Crippen molar-refractivity contribution in [2.75, 3.05) is 30.8 Å². The highest BCUT2D eigenvalue weighted by Crippen LogP contribution is 2.27. The Morgan fingerprint density at radius 2 is 2.10 bits per heavy atom. The molecule has 0 unspecified atom stereocenters. The second kappa shape index (κ2) is 8.46. The molecule has 118 valence electrons. The minimum Gasteiger partial charge on any atom is -0.382 e. The van der Waals surface area contributed by atoms with Gasteiger partial charge < -0.3 is 21.7 Å². The lowest BCUT2D eigenvalue weighted by Gasteiger charge is -2.13. The van der Waals surface area contributed by atoms with E-state index in [1.165, 1.54) is 11.3 Å². The van der Waals surface area contributed by atoms with Crippen LogP contribution in [0.15, 0.2) is 0 Å². The van der Waals surface area contributed by atoms with Gasteiger partial charge in [0, 0.05) is 26.6 Å². The number of hydrogen-bond acceptors (Lipinski definition) is 6. The van der Waals surface area contributed by atoms with Crippen molar-refractivity contribution in [1.82, 2.24) is 10.3 Å². The second-order valence-electron chi connectivity index (χ2n) is 4.81. The molecule has 0 atom stereocenters. The van der Waals surface area contributed by atoms with Gasteiger partial charge in [-0.15, -0.1) is 0 Å². The summed E-state index contributed by atoms with van der Waals surface area (Å²) in [7, 11) is 1.92. The summed E-state index contributed by atoms with van der Waals surface area (Å²) in [5.74, 6) is -0.288. The highest BCUT2D eigenvalue weighted by atomic mass is 32.1. The van der Waals surface area contributed by atoms with Crippen LogP contribution in [0.2, 0.25) is 0 Å². The Morgan fingerprint density at radius 3 is 2.71 bits per heavy atom. The Hall–Kier alpha value is -1.83. The van der Waals surface area contributed by atoms with Crippen molar-refractivity contribution in [2.24, 2.45) is 5.73 Å². The third kappa shape index (κ3) is 5.58. The first-order chi connectivity index (χ1) is 9.95. The maximum Gasteiger partial charge on any atom is 0.265 e. The number of aromatic nitrogens is 1. The second-order valence-corrected chi connectivity index (χ2v) is 5.79. The van der Waals surface area contributed by atoms with Gasteiger partial charge in [-0.3, -0.25) is 9.59 Å². The summed E-state index contributed by atoms with van der Waals surface area (Å²) >= 11 is 1.29. The van der Waals surface area contributed by atoms with Crippen molar-refractivity contribution in [1.29, 1.82) is 0 Å². The molecule has 21 heavy (non-hydrogen) atoms. The van der Waals surface area contributed by atoms with Gasteiger partial charge in [-0.05, 0) is 19.3 Å². The van der Waals surface area contributed by atoms with Gasteiger partial charge in [-0.25, -0.2) is 4.98 Å². The molecule has 0 aliphatic carbocycles. The molecule has 1 aromatic rings. The Labute approximate surface area is 128 Å². The first-order valence-corrected chi connectivity index (χ1v) is 7.81. The molecule has 1 aromatic heterocycles. The van der Waals surface area contributed by atoms with Crippen LogP contribution in [0.1, 0.15) is 42.3 Å². The van der Waals surface area contributed by atoms with E-state index < -0.39 is 0 Å². The molecular formula is C13H23N5O2S. The zero-order valence-corrected chi connectivity index (χ0v) is 13.3. The molecule has 8 heteroatoms. The minimum absolute atomic E-state index is 0.222. The number of carbonyl (C=O) groups excluding carboxylic acids is 2. The Morgan fingerprint density at radius 1 is 1.38 bits per heavy atom. The number of hydrogen-bond donors (Lipinski definition) is 3. The molecule has 1 heterocycles. The standard InChI is InChI=1S/C13H23N5O2S/c1-3-8-18(2)13-17-11(15)10(21-13)12(20)16-7-5-4-6-9(14)19/h3-8,15H2,1-2H3,(H2,14,19)(H,16,20). The number of nitrogen functional groups attached to an aromatic ring is 1. The van der Waals surface area contributed by atoms with Crippen molar-refractivity contribution in [3.8, 4) is 0 Å². The summed E-state index contributed by atoms with van der Waals surface area (Å²) in [6.45, 7) is 3.43. The van der Waals surface area contributed by atoms with Crippen LogP contribution >= 0.6 is 11.3 Å². The average molecular weight is 313 g/mol. The van der Waals surface area contributed by atoms with E-state index in [2.05, 4.69) is 17.2 Å². The van der Waals surface area contributed by atoms with Crippen LogP contribution in [-0.4, -0.2) is 36.9 Å². The number of nitrogens with two attached hydrogens (primary N) is 2. The predicted octanol–water partition coefficient (Wildman–Crippen LogP) is 0.957. The van der Waals surface area contributed by atoms with Crippen molar-refractivity contribution >= 4 is 34.1 Å². The van der Waals surface area contributed by atoms with Crippen LogP contribution in [0.4, 0.5) is 10.9 Å². The van der Waals surface area contributed by atoms with Crippen molar-refractivity contribution < 1.29 is 9.59 Å². The SMILES string of the molecule is CCCN(C)c1nc(N)c(C(=O)NCCCCC(N)=O)s1. The third-order valence-electron chi connectivity index (χ3n) is 2.87. The van der Waals surface area contributed by atoms with Crippen molar-refractivity contribution in [2.45, 2.75) is 32.6 Å². The Balaban J connectivity index is 2.48. The van der Waals surface area contributed by atoms with E-state index in [1.54, 1.807) is 0 Å². The first-order valence-electron chi connectivity index (χ1n) is 6.99. The predicted molar refractivity (Wildman–Crippen MR) is 85.5 cm³/mol. The van der Waals surface area contributed by atoms with Crippen LogP contribution < -0.4 is 21.7 Å².